The second kappa shape index (κ2) is 9.69. The molecule has 25 heavy (non-hydrogen) atoms. The Morgan fingerprint density at radius 3 is 2.52 bits per heavy atom. The molecule has 0 aromatic heterocycles. The van der Waals surface area contributed by atoms with Gasteiger partial charge in [0.1, 0.15) is 0 Å². The lowest BCUT2D eigenvalue weighted by Crippen LogP contribution is -2.43. The Morgan fingerprint density at radius 2 is 2.00 bits per heavy atom. The maximum absolute atomic E-state index is 12.1. The minimum Gasteiger partial charge on any atom is -0.356 e. The summed E-state index contributed by atoms with van der Waals surface area (Å²) in [4.78, 5) is 4.28. The molecule has 1 saturated carbocycles. The van der Waals surface area contributed by atoms with Crippen LogP contribution in [0.15, 0.2) is 33.7 Å². The van der Waals surface area contributed by atoms with Crippen molar-refractivity contribution < 1.29 is 4.21 Å². The first kappa shape index (κ1) is 22.9. The highest BCUT2D eigenvalue weighted by molar-refractivity contribution is 14.0. The molecule has 1 aromatic rings. The zero-order valence-electron chi connectivity index (χ0n) is 15.4. The molecule has 7 heteroatoms. The van der Waals surface area contributed by atoms with Crippen molar-refractivity contribution in [3.05, 3.63) is 34.3 Å². The van der Waals surface area contributed by atoms with E-state index in [1.54, 1.807) is 7.05 Å². The van der Waals surface area contributed by atoms with Crippen molar-refractivity contribution in [2.45, 2.75) is 43.8 Å². The molecule has 1 aliphatic carbocycles. The first-order chi connectivity index (χ1) is 11.3. The van der Waals surface area contributed by atoms with Crippen molar-refractivity contribution in [1.82, 2.24) is 10.6 Å². The fourth-order valence-electron chi connectivity index (χ4n) is 2.58. The fourth-order valence-corrected chi connectivity index (χ4v) is 3.88. The van der Waals surface area contributed by atoms with Crippen LogP contribution in [0.3, 0.4) is 0 Å². The third-order valence-corrected chi connectivity index (χ3v) is 6.81. The smallest absolute Gasteiger partial charge is 0.191 e. The Balaban J connectivity index is 0.00000312. The van der Waals surface area contributed by atoms with Gasteiger partial charge < -0.3 is 10.6 Å². The first-order valence-electron chi connectivity index (χ1n) is 8.36. The molecule has 0 amide bonds. The minimum absolute atomic E-state index is 0. The summed E-state index contributed by atoms with van der Waals surface area (Å²) < 4.78 is 13.0. The summed E-state index contributed by atoms with van der Waals surface area (Å²) in [6.45, 7) is 7.54. The van der Waals surface area contributed by atoms with Crippen LogP contribution in [-0.2, 0) is 16.2 Å². The highest BCUT2D eigenvalue weighted by Crippen LogP contribution is 2.48. The van der Waals surface area contributed by atoms with Crippen LogP contribution >= 0.6 is 39.9 Å². The van der Waals surface area contributed by atoms with Gasteiger partial charge in [-0.2, -0.15) is 0 Å². The maximum Gasteiger partial charge on any atom is 0.191 e. The van der Waals surface area contributed by atoms with Gasteiger partial charge in [0.15, 0.2) is 5.96 Å². The van der Waals surface area contributed by atoms with Gasteiger partial charge in [-0.25, -0.2) is 0 Å². The Bertz CT molecular complexity index is 627. The second-order valence-electron chi connectivity index (χ2n) is 7.31. The van der Waals surface area contributed by atoms with Crippen LogP contribution in [0, 0.1) is 0 Å². The molecule has 0 saturated heterocycles. The van der Waals surface area contributed by atoms with Gasteiger partial charge in [-0.1, -0.05) is 28.1 Å². The van der Waals surface area contributed by atoms with Crippen LogP contribution in [0.2, 0.25) is 0 Å². The zero-order chi connectivity index (χ0) is 17.8. The molecule has 142 valence electrons. The lowest BCUT2D eigenvalue weighted by atomic mass is 9.96. The Morgan fingerprint density at radius 1 is 1.32 bits per heavy atom. The van der Waals surface area contributed by atoms with E-state index in [1.807, 2.05) is 20.8 Å². The SMILES string of the molecule is CN=C(NCCS(=O)C(C)(C)C)NCC1(c2cccc(Br)c2)CC1.I. The van der Waals surface area contributed by atoms with E-state index in [4.69, 9.17) is 0 Å². The van der Waals surface area contributed by atoms with Crippen molar-refractivity contribution in [2.75, 3.05) is 25.9 Å². The normalized spacial score (nSPS) is 17.4. The topological polar surface area (TPSA) is 53.5 Å². The van der Waals surface area contributed by atoms with Crippen molar-refractivity contribution in [2.24, 2.45) is 4.99 Å². The van der Waals surface area contributed by atoms with Gasteiger partial charge in [-0.15, -0.1) is 24.0 Å². The van der Waals surface area contributed by atoms with Crippen molar-refractivity contribution in [3.8, 4) is 0 Å². The number of halogens is 2. The minimum atomic E-state index is -0.847. The van der Waals surface area contributed by atoms with Gasteiger partial charge in [0.05, 0.1) is 0 Å². The van der Waals surface area contributed by atoms with Gasteiger partial charge in [-0.3, -0.25) is 9.20 Å². The zero-order valence-corrected chi connectivity index (χ0v) is 20.1. The Kier molecular flexibility index (Phi) is 8.87. The number of aliphatic imine (C=N–C) groups is 1. The standard InChI is InChI=1S/C18H28BrN3OS.HI/c1-17(2,3)24(23)11-10-21-16(20-4)22-13-18(8-9-18)14-6-5-7-15(19)12-14;/h5-7,12H,8-11,13H2,1-4H3,(H2,20,21,22);1H. The Hall–Kier alpha value is -0.150. The molecule has 1 fully saturated rings. The molecule has 1 unspecified atom stereocenters. The van der Waals surface area contributed by atoms with Gasteiger partial charge >= 0.3 is 0 Å². The highest BCUT2D eigenvalue weighted by atomic mass is 127. The molecule has 2 N–H and O–H groups in total. The lowest BCUT2D eigenvalue weighted by Gasteiger charge is -2.20. The van der Waals surface area contributed by atoms with E-state index in [2.05, 4.69) is 55.8 Å². The molecule has 0 spiro atoms. The first-order valence-corrected chi connectivity index (χ1v) is 10.5. The van der Waals surface area contributed by atoms with E-state index in [0.717, 1.165) is 17.0 Å². The summed E-state index contributed by atoms with van der Waals surface area (Å²) in [6, 6.07) is 8.55. The van der Waals surface area contributed by atoms with E-state index < -0.39 is 10.8 Å². The molecule has 0 radical (unpaired) electrons. The number of guanidine groups is 1. The fraction of sp³-hybridized carbons (Fsp3) is 0.611. The number of nitrogens with zero attached hydrogens (tertiary/aromatic N) is 1. The number of nitrogens with one attached hydrogen (secondary N) is 2. The molecule has 2 rings (SSSR count). The average Bonchev–Trinajstić information content (AvgIpc) is 3.30. The number of rotatable bonds is 6. The van der Waals surface area contributed by atoms with Gasteiger partial charge in [0.25, 0.3) is 0 Å². The summed E-state index contributed by atoms with van der Waals surface area (Å²) in [5, 5.41) is 6.70. The van der Waals surface area contributed by atoms with Crippen LogP contribution in [-0.4, -0.2) is 40.8 Å². The quantitative estimate of drug-likeness (QED) is 0.327. The number of hydrogen-bond donors (Lipinski definition) is 2. The summed E-state index contributed by atoms with van der Waals surface area (Å²) in [6.07, 6.45) is 2.39. The van der Waals surface area contributed by atoms with Gasteiger partial charge in [-0.05, 0) is 51.3 Å². The monoisotopic (exact) mass is 541 g/mol. The van der Waals surface area contributed by atoms with E-state index in [-0.39, 0.29) is 34.1 Å². The number of hydrogen-bond acceptors (Lipinski definition) is 2. The number of benzene rings is 1. The van der Waals surface area contributed by atoms with Gasteiger partial charge in [0, 0.05) is 51.3 Å². The highest BCUT2D eigenvalue weighted by Gasteiger charge is 2.44. The molecule has 0 bridgehead atoms. The third-order valence-electron chi connectivity index (χ3n) is 4.37. The second-order valence-corrected chi connectivity index (χ2v) is 10.5. The van der Waals surface area contributed by atoms with Crippen molar-refractivity contribution in [3.63, 3.8) is 0 Å². The van der Waals surface area contributed by atoms with E-state index in [1.165, 1.54) is 18.4 Å². The van der Waals surface area contributed by atoms with E-state index >= 15 is 0 Å². The van der Waals surface area contributed by atoms with Gasteiger partial charge in [0.2, 0.25) is 0 Å². The van der Waals surface area contributed by atoms with Crippen LogP contribution in [0.1, 0.15) is 39.2 Å². The molecule has 1 aliphatic rings. The molecule has 1 atom stereocenters. The molecule has 0 aliphatic heterocycles. The summed E-state index contributed by atoms with van der Waals surface area (Å²) >= 11 is 3.55. The molecular weight excluding hydrogens is 513 g/mol. The maximum atomic E-state index is 12.1. The predicted octanol–water partition coefficient (Wildman–Crippen LogP) is 3.81. The third kappa shape index (κ3) is 6.82. The largest absolute Gasteiger partial charge is 0.356 e. The Labute approximate surface area is 179 Å². The van der Waals surface area contributed by atoms with Crippen LogP contribution < -0.4 is 10.6 Å². The van der Waals surface area contributed by atoms with Crippen LogP contribution in [0.25, 0.3) is 0 Å². The van der Waals surface area contributed by atoms with E-state index in [0.29, 0.717) is 12.3 Å². The molecule has 4 nitrogen and oxygen atoms in total. The lowest BCUT2D eigenvalue weighted by molar-refractivity contribution is 0.640. The molecule has 0 heterocycles. The average molecular weight is 542 g/mol. The molecule has 1 aromatic carbocycles. The van der Waals surface area contributed by atoms with Crippen molar-refractivity contribution >= 4 is 56.7 Å². The molecular formula is C18H29BrIN3OS. The van der Waals surface area contributed by atoms with Crippen LogP contribution in [0.5, 0.6) is 0 Å². The summed E-state index contributed by atoms with van der Waals surface area (Å²) in [5.74, 6) is 1.41. The van der Waals surface area contributed by atoms with Crippen molar-refractivity contribution in [1.29, 1.82) is 0 Å². The predicted molar refractivity (Wildman–Crippen MR) is 123 cm³/mol. The van der Waals surface area contributed by atoms with Crippen LogP contribution in [0.4, 0.5) is 0 Å². The summed E-state index contributed by atoms with van der Waals surface area (Å²) in [5.41, 5.74) is 1.59. The summed E-state index contributed by atoms with van der Waals surface area (Å²) in [7, 11) is 0.925. The van der Waals surface area contributed by atoms with E-state index in [9.17, 15) is 4.21 Å².